The summed E-state index contributed by atoms with van der Waals surface area (Å²) in [5, 5.41) is 21.4. The molecule has 0 aliphatic heterocycles. The number of carbonyl (C=O) groups is 1. The number of hydrogen-bond acceptors (Lipinski definition) is 5. The molecular weight excluding hydrogens is 394 g/mol. The van der Waals surface area contributed by atoms with E-state index in [1.165, 1.54) is 18.4 Å². The van der Waals surface area contributed by atoms with Crippen LogP contribution in [0.3, 0.4) is 0 Å². The van der Waals surface area contributed by atoms with Crippen LogP contribution >= 0.6 is 0 Å². The predicted octanol–water partition coefficient (Wildman–Crippen LogP) is 3.78. The van der Waals surface area contributed by atoms with Crippen LogP contribution in [-0.4, -0.2) is 54.7 Å². The van der Waals surface area contributed by atoms with Crippen LogP contribution in [0.5, 0.6) is 5.75 Å². The summed E-state index contributed by atoms with van der Waals surface area (Å²) in [6.07, 6.45) is 3.13. The number of aliphatic hydroxyl groups is 1. The van der Waals surface area contributed by atoms with Gasteiger partial charge in [-0.3, -0.25) is 0 Å². The van der Waals surface area contributed by atoms with Crippen LogP contribution in [-0.2, 0) is 11.2 Å². The van der Waals surface area contributed by atoms with E-state index in [1.807, 2.05) is 12.1 Å². The summed E-state index contributed by atoms with van der Waals surface area (Å²) >= 11 is 0. The number of carboxylic acids is 1. The molecule has 0 amide bonds. The third-order valence-corrected chi connectivity index (χ3v) is 4.73. The lowest BCUT2D eigenvalue weighted by Crippen LogP contribution is -2.35. The topological polar surface area (TPSA) is 88.0 Å². The molecule has 0 spiro atoms. The molecule has 0 radical (unpaired) electrons. The molecule has 170 valence electrons. The average molecular weight is 430 g/mol. The summed E-state index contributed by atoms with van der Waals surface area (Å²) in [5.41, 5.74) is 1.59. The molecular formula is C25H35NO5. The zero-order chi connectivity index (χ0) is 22.5. The average Bonchev–Trinajstić information content (AvgIpc) is 3.60. The van der Waals surface area contributed by atoms with Crippen molar-refractivity contribution in [1.82, 2.24) is 5.32 Å². The number of rotatable bonds is 12. The van der Waals surface area contributed by atoms with Crippen molar-refractivity contribution < 1.29 is 24.5 Å². The molecule has 1 saturated carbocycles. The molecule has 1 atom stereocenters. The van der Waals surface area contributed by atoms with Gasteiger partial charge in [-0.25, -0.2) is 4.79 Å². The maximum atomic E-state index is 10.2. The standard InChI is InChI=1S/C18H29NO3.C7H6O2/c1-14(2)19-11-17(20)13-22-18-7-5-15(6-8-18)9-10-21-12-16-3-4-16;8-7(9)6-4-2-1-3-5-6/h5-8,14,16-17,19-20H,3-4,9-13H2,1-2H3;1-5H,(H,8,9). The molecule has 1 fully saturated rings. The number of aliphatic hydroxyl groups excluding tert-OH is 1. The molecule has 2 aromatic rings. The molecule has 0 aromatic heterocycles. The van der Waals surface area contributed by atoms with E-state index in [-0.39, 0.29) is 0 Å². The first-order valence-electron chi connectivity index (χ1n) is 10.9. The van der Waals surface area contributed by atoms with Gasteiger partial charge in [0.2, 0.25) is 0 Å². The largest absolute Gasteiger partial charge is 0.491 e. The fraction of sp³-hybridized carbons (Fsp3) is 0.480. The van der Waals surface area contributed by atoms with Crippen molar-refractivity contribution in [2.45, 2.75) is 45.3 Å². The van der Waals surface area contributed by atoms with E-state index in [0.717, 1.165) is 31.3 Å². The number of hydrogen-bond donors (Lipinski definition) is 3. The molecule has 6 heteroatoms. The Kier molecular flexibility index (Phi) is 11.1. The number of carboxylic acid groups (broad SMARTS) is 1. The van der Waals surface area contributed by atoms with Crippen LogP contribution < -0.4 is 10.1 Å². The molecule has 3 N–H and O–H groups in total. The van der Waals surface area contributed by atoms with Gasteiger partial charge < -0.3 is 25.0 Å². The van der Waals surface area contributed by atoms with Crippen molar-refractivity contribution in [2.24, 2.45) is 5.92 Å². The Morgan fingerprint density at radius 3 is 2.32 bits per heavy atom. The van der Waals surface area contributed by atoms with E-state index >= 15 is 0 Å². The molecule has 0 bridgehead atoms. The first-order valence-corrected chi connectivity index (χ1v) is 10.9. The summed E-state index contributed by atoms with van der Waals surface area (Å²) in [6.45, 7) is 6.68. The Bertz CT molecular complexity index is 744. The van der Waals surface area contributed by atoms with Crippen molar-refractivity contribution in [3.63, 3.8) is 0 Å². The second-order valence-corrected chi connectivity index (χ2v) is 8.11. The summed E-state index contributed by atoms with van der Waals surface area (Å²) in [6, 6.07) is 16.7. The Morgan fingerprint density at radius 2 is 1.77 bits per heavy atom. The highest BCUT2D eigenvalue weighted by Crippen LogP contribution is 2.28. The van der Waals surface area contributed by atoms with Crippen LogP contribution in [0.15, 0.2) is 54.6 Å². The minimum absolute atomic E-state index is 0.309. The first-order chi connectivity index (χ1) is 14.9. The van der Waals surface area contributed by atoms with E-state index in [1.54, 1.807) is 30.3 Å². The number of aromatic carboxylic acids is 1. The Balaban J connectivity index is 0.000000316. The van der Waals surface area contributed by atoms with E-state index in [4.69, 9.17) is 14.6 Å². The molecule has 0 heterocycles. The maximum Gasteiger partial charge on any atom is 0.335 e. The zero-order valence-corrected chi connectivity index (χ0v) is 18.5. The minimum Gasteiger partial charge on any atom is -0.491 e. The van der Waals surface area contributed by atoms with Gasteiger partial charge in [0.15, 0.2) is 0 Å². The normalized spacial score (nSPS) is 13.9. The van der Waals surface area contributed by atoms with Crippen molar-refractivity contribution in [2.75, 3.05) is 26.4 Å². The molecule has 0 saturated heterocycles. The van der Waals surface area contributed by atoms with Gasteiger partial charge in [-0.15, -0.1) is 0 Å². The van der Waals surface area contributed by atoms with E-state index in [9.17, 15) is 9.90 Å². The van der Waals surface area contributed by atoms with E-state index in [0.29, 0.717) is 24.8 Å². The first kappa shape index (κ1) is 24.9. The van der Waals surface area contributed by atoms with Gasteiger partial charge in [0.25, 0.3) is 0 Å². The highest BCUT2D eigenvalue weighted by atomic mass is 16.5. The minimum atomic E-state index is -0.879. The third-order valence-electron chi connectivity index (χ3n) is 4.73. The van der Waals surface area contributed by atoms with Gasteiger partial charge in [-0.2, -0.15) is 0 Å². The third kappa shape index (κ3) is 11.5. The number of benzene rings is 2. The Morgan fingerprint density at radius 1 is 1.10 bits per heavy atom. The van der Waals surface area contributed by atoms with Crippen molar-refractivity contribution >= 4 is 5.97 Å². The summed E-state index contributed by atoms with van der Waals surface area (Å²) < 4.78 is 11.2. The lowest BCUT2D eigenvalue weighted by atomic mass is 10.1. The van der Waals surface area contributed by atoms with Gasteiger partial charge in [-0.05, 0) is 55.0 Å². The van der Waals surface area contributed by atoms with Crippen molar-refractivity contribution in [3.05, 3.63) is 65.7 Å². The zero-order valence-electron chi connectivity index (χ0n) is 18.5. The van der Waals surface area contributed by atoms with Crippen molar-refractivity contribution in [3.8, 4) is 5.75 Å². The monoisotopic (exact) mass is 429 g/mol. The van der Waals surface area contributed by atoms with Crippen LogP contribution in [0, 0.1) is 5.92 Å². The van der Waals surface area contributed by atoms with Gasteiger partial charge in [0, 0.05) is 19.2 Å². The molecule has 1 aliphatic rings. The number of nitrogens with one attached hydrogen (secondary N) is 1. The Hall–Kier alpha value is -2.41. The van der Waals surface area contributed by atoms with E-state index in [2.05, 4.69) is 31.3 Å². The predicted molar refractivity (Wildman–Crippen MR) is 122 cm³/mol. The maximum absolute atomic E-state index is 10.2. The van der Waals surface area contributed by atoms with Crippen LogP contribution in [0.2, 0.25) is 0 Å². The van der Waals surface area contributed by atoms with Crippen LogP contribution in [0.4, 0.5) is 0 Å². The molecule has 31 heavy (non-hydrogen) atoms. The van der Waals surface area contributed by atoms with Gasteiger partial charge in [-0.1, -0.05) is 44.2 Å². The van der Waals surface area contributed by atoms with Crippen LogP contribution in [0.25, 0.3) is 0 Å². The molecule has 3 rings (SSSR count). The van der Waals surface area contributed by atoms with E-state index < -0.39 is 12.1 Å². The number of ether oxygens (including phenoxy) is 2. The fourth-order valence-electron chi connectivity index (χ4n) is 2.68. The smallest absolute Gasteiger partial charge is 0.335 e. The second-order valence-electron chi connectivity index (χ2n) is 8.11. The SMILES string of the molecule is CC(C)NCC(O)COc1ccc(CCOCC2CC2)cc1.O=C(O)c1ccccc1. The second kappa shape index (κ2) is 13.8. The molecule has 2 aromatic carbocycles. The summed E-state index contributed by atoms with van der Waals surface area (Å²) in [5.74, 6) is 0.745. The lowest BCUT2D eigenvalue weighted by Gasteiger charge is -2.15. The fourth-order valence-corrected chi connectivity index (χ4v) is 2.68. The molecule has 1 aliphatic carbocycles. The summed E-state index contributed by atoms with van der Waals surface area (Å²) in [4.78, 5) is 10.2. The molecule has 1 unspecified atom stereocenters. The lowest BCUT2D eigenvalue weighted by molar-refractivity contribution is 0.0697. The van der Waals surface area contributed by atoms with Crippen molar-refractivity contribution in [1.29, 1.82) is 0 Å². The highest BCUT2D eigenvalue weighted by Gasteiger charge is 2.20. The van der Waals surface area contributed by atoms with Gasteiger partial charge >= 0.3 is 5.97 Å². The van der Waals surface area contributed by atoms with Gasteiger partial charge in [0.1, 0.15) is 18.5 Å². The van der Waals surface area contributed by atoms with Gasteiger partial charge in [0.05, 0.1) is 12.2 Å². The highest BCUT2D eigenvalue weighted by molar-refractivity contribution is 5.87. The van der Waals surface area contributed by atoms with Crippen LogP contribution in [0.1, 0.15) is 42.6 Å². The molecule has 6 nitrogen and oxygen atoms in total. The quantitative estimate of drug-likeness (QED) is 0.445. The summed E-state index contributed by atoms with van der Waals surface area (Å²) in [7, 11) is 0. The Labute approximate surface area is 185 Å².